The summed E-state index contributed by atoms with van der Waals surface area (Å²) >= 11 is 6.19. The number of pyridine rings is 1. The molecule has 0 aliphatic rings. The van der Waals surface area contributed by atoms with Crippen molar-refractivity contribution in [3.63, 3.8) is 0 Å². The van der Waals surface area contributed by atoms with Crippen LogP contribution in [0, 0.1) is 0 Å². The lowest BCUT2D eigenvalue weighted by molar-refractivity contribution is 0.116. The second kappa shape index (κ2) is 6.99. The van der Waals surface area contributed by atoms with E-state index in [9.17, 15) is 0 Å². The number of ether oxygens (including phenoxy) is 2. The molecule has 8 nitrogen and oxygen atoms in total. The molecular weight excluding hydrogens is 344 g/mol. The van der Waals surface area contributed by atoms with Gasteiger partial charge in [-0.15, -0.1) is 0 Å². The zero-order valence-electron chi connectivity index (χ0n) is 14.9. The van der Waals surface area contributed by atoms with Crippen LogP contribution in [-0.2, 0) is 11.8 Å². The molecule has 0 saturated carbocycles. The molecule has 3 aromatic rings. The van der Waals surface area contributed by atoms with E-state index in [0.717, 1.165) is 22.6 Å². The molecule has 25 heavy (non-hydrogen) atoms. The maximum Gasteiger partial charge on any atom is 0.233 e. The molecule has 0 radical (unpaired) electrons. The Kier molecular flexibility index (Phi) is 4.94. The SMILES string of the molecule is COCC(c1nc(-c2cc3nc(OC)c(Cl)cc3n2C)n[nH]1)N(C)C. The summed E-state index contributed by atoms with van der Waals surface area (Å²) in [7, 11) is 9.08. The fourth-order valence-electron chi connectivity index (χ4n) is 2.73. The molecule has 1 unspecified atom stereocenters. The van der Waals surface area contributed by atoms with E-state index in [-0.39, 0.29) is 6.04 Å². The number of hydrogen-bond donors (Lipinski definition) is 1. The van der Waals surface area contributed by atoms with Gasteiger partial charge in [-0.05, 0) is 26.2 Å². The van der Waals surface area contributed by atoms with Gasteiger partial charge in [0.1, 0.15) is 10.8 Å². The number of rotatable bonds is 6. The number of H-pyrrole nitrogens is 1. The van der Waals surface area contributed by atoms with Gasteiger partial charge in [-0.3, -0.25) is 10.00 Å². The van der Waals surface area contributed by atoms with Gasteiger partial charge in [0, 0.05) is 14.2 Å². The first-order chi connectivity index (χ1) is 12.0. The van der Waals surface area contributed by atoms with Crippen LogP contribution in [0.1, 0.15) is 11.9 Å². The van der Waals surface area contributed by atoms with Gasteiger partial charge >= 0.3 is 0 Å². The van der Waals surface area contributed by atoms with E-state index in [1.807, 2.05) is 42.7 Å². The van der Waals surface area contributed by atoms with E-state index < -0.39 is 0 Å². The molecule has 9 heteroatoms. The fourth-order valence-corrected chi connectivity index (χ4v) is 2.96. The number of aromatic amines is 1. The third-order valence-electron chi connectivity index (χ3n) is 4.14. The first kappa shape index (κ1) is 17.7. The molecule has 3 rings (SSSR count). The van der Waals surface area contributed by atoms with Crippen molar-refractivity contribution >= 4 is 22.6 Å². The Morgan fingerprint density at radius 2 is 2.04 bits per heavy atom. The highest BCUT2D eigenvalue weighted by Gasteiger charge is 2.21. The van der Waals surface area contributed by atoms with E-state index in [0.29, 0.717) is 23.3 Å². The van der Waals surface area contributed by atoms with Gasteiger partial charge in [-0.2, -0.15) is 5.10 Å². The van der Waals surface area contributed by atoms with Crippen molar-refractivity contribution in [1.82, 2.24) is 29.6 Å². The van der Waals surface area contributed by atoms with Crippen molar-refractivity contribution in [2.45, 2.75) is 6.04 Å². The molecule has 0 amide bonds. The van der Waals surface area contributed by atoms with Crippen molar-refractivity contribution in [2.24, 2.45) is 7.05 Å². The Labute approximate surface area is 150 Å². The van der Waals surface area contributed by atoms with Crippen LogP contribution in [0.5, 0.6) is 5.88 Å². The predicted octanol–water partition coefficient (Wildman–Crippen LogP) is 2.27. The standard InChI is InChI=1S/C16H21ClN6O2/c1-22(2)13(8-24-4)15-19-14(20-21-15)12-7-10-11(23(12)3)6-9(17)16(18-10)25-5/h6-7,13H,8H2,1-5H3,(H,19,20,21). The predicted molar refractivity (Wildman–Crippen MR) is 96.0 cm³/mol. The molecule has 0 fully saturated rings. The third-order valence-corrected chi connectivity index (χ3v) is 4.41. The normalized spacial score (nSPS) is 12.9. The second-order valence-electron chi connectivity index (χ2n) is 5.95. The van der Waals surface area contributed by atoms with Crippen molar-refractivity contribution < 1.29 is 9.47 Å². The monoisotopic (exact) mass is 364 g/mol. The maximum absolute atomic E-state index is 6.19. The van der Waals surface area contributed by atoms with Crippen LogP contribution in [-0.4, -0.2) is 64.6 Å². The quantitative estimate of drug-likeness (QED) is 0.722. The molecule has 0 aromatic carbocycles. The zero-order valence-corrected chi connectivity index (χ0v) is 15.6. The van der Waals surface area contributed by atoms with Crippen molar-refractivity contribution in [3.05, 3.63) is 23.0 Å². The minimum Gasteiger partial charge on any atom is -0.480 e. The number of aromatic nitrogens is 5. The number of nitrogens with zero attached hydrogens (tertiary/aromatic N) is 5. The Morgan fingerprint density at radius 3 is 2.68 bits per heavy atom. The van der Waals surface area contributed by atoms with Crippen molar-refractivity contribution in [2.75, 3.05) is 34.9 Å². The van der Waals surface area contributed by atoms with Crippen LogP contribution in [0.4, 0.5) is 0 Å². The van der Waals surface area contributed by atoms with Crippen LogP contribution >= 0.6 is 11.6 Å². The van der Waals surface area contributed by atoms with Gasteiger partial charge in [-0.1, -0.05) is 11.6 Å². The van der Waals surface area contributed by atoms with Gasteiger partial charge in [0.15, 0.2) is 5.82 Å². The highest BCUT2D eigenvalue weighted by molar-refractivity contribution is 6.32. The van der Waals surface area contributed by atoms with Crippen molar-refractivity contribution in [1.29, 1.82) is 0 Å². The Morgan fingerprint density at radius 1 is 1.28 bits per heavy atom. The highest BCUT2D eigenvalue weighted by Crippen LogP contribution is 2.31. The van der Waals surface area contributed by atoms with E-state index in [1.165, 1.54) is 0 Å². The number of fused-ring (bicyclic) bond motifs is 1. The highest BCUT2D eigenvalue weighted by atomic mass is 35.5. The number of aryl methyl sites for hydroxylation is 1. The van der Waals surface area contributed by atoms with Crippen LogP contribution in [0.3, 0.4) is 0 Å². The zero-order chi connectivity index (χ0) is 18.1. The second-order valence-corrected chi connectivity index (χ2v) is 6.36. The lowest BCUT2D eigenvalue weighted by atomic mass is 10.3. The molecular formula is C16H21ClN6O2. The van der Waals surface area contributed by atoms with Crippen molar-refractivity contribution in [3.8, 4) is 17.4 Å². The molecule has 1 N–H and O–H groups in total. The molecule has 1 atom stereocenters. The van der Waals surface area contributed by atoms with Crippen LogP contribution in [0.15, 0.2) is 12.1 Å². The Bertz CT molecular complexity index is 888. The molecule has 134 valence electrons. The smallest absolute Gasteiger partial charge is 0.233 e. The summed E-state index contributed by atoms with van der Waals surface area (Å²) in [6, 6.07) is 3.74. The average molecular weight is 365 g/mol. The van der Waals surface area contributed by atoms with E-state index in [1.54, 1.807) is 14.2 Å². The van der Waals surface area contributed by atoms with E-state index in [2.05, 4.69) is 20.2 Å². The summed E-state index contributed by atoms with van der Waals surface area (Å²) in [5.41, 5.74) is 2.49. The topological polar surface area (TPSA) is 81.1 Å². The molecule has 0 bridgehead atoms. The van der Waals surface area contributed by atoms with Gasteiger partial charge in [0.25, 0.3) is 0 Å². The van der Waals surface area contributed by atoms with Gasteiger partial charge < -0.3 is 14.0 Å². The van der Waals surface area contributed by atoms with E-state index >= 15 is 0 Å². The first-order valence-electron chi connectivity index (χ1n) is 7.74. The summed E-state index contributed by atoms with van der Waals surface area (Å²) in [6.07, 6.45) is 0. The summed E-state index contributed by atoms with van der Waals surface area (Å²) in [4.78, 5) is 11.1. The molecule has 0 aliphatic carbocycles. The van der Waals surface area contributed by atoms with Crippen LogP contribution in [0.2, 0.25) is 5.02 Å². The summed E-state index contributed by atoms with van der Waals surface area (Å²) in [5, 5.41) is 7.83. The number of nitrogens with one attached hydrogen (secondary N) is 1. The van der Waals surface area contributed by atoms with Gasteiger partial charge in [-0.25, -0.2) is 9.97 Å². The molecule has 0 saturated heterocycles. The number of hydrogen-bond acceptors (Lipinski definition) is 6. The largest absolute Gasteiger partial charge is 0.480 e. The lowest BCUT2D eigenvalue weighted by Gasteiger charge is -2.20. The Hall–Kier alpha value is -2.16. The molecule has 3 aromatic heterocycles. The Balaban J connectivity index is 2.04. The fraction of sp³-hybridized carbons (Fsp3) is 0.438. The first-order valence-corrected chi connectivity index (χ1v) is 8.12. The number of methoxy groups -OCH3 is 2. The molecule has 3 heterocycles. The number of halogens is 1. The average Bonchev–Trinajstić information content (AvgIpc) is 3.17. The number of likely N-dealkylation sites (N-methyl/N-ethyl adjacent to an activating group) is 1. The van der Waals surface area contributed by atoms with E-state index in [4.69, 9.17) is 21.1 Å². The van der Waals surface area contributed by atoms with Crippen LogP contribution < -0.4 is 4.74 Å². The minimum absolute atomic E-state index is 0.00593. The summed E-state index contributed by atoms with van der Waals surface area (Å²) in [5.74, 6) is 1.74. The summed E-state index contributed by atoms with van der Waals surface area (Å²) in [6.45, 7) is 0.519. The lowest BCUT2D eigenvalue weighted by Crippen LogP contribution is -2.25. The third kappa shape index (κ3) is 3.20. The molecule has 0 aliphatic heterocycles. The van der Waals surface area contributed by atoms with Gasteiger partial charge in [0.2, 0.25) is 5.88 Å². The summed E-state index contributed by atoms with van der Waals surface area (Å²) < 4.78 is 12.4. The maximum atomic E-state index is 6.19. The van der Waals surface area contributed by atoms with Crippen LogP contribution in [0.25, 0.3) is 22.6 Å². The van der Waals surface area contributed by atoms with Gasteiger partial charge in [0.05, 0.1) is 36.5 Å². The minimum atomic E-state index is -0.00593. The molecule has 0 spiro atoms.